The molecule has 0 bridgehead atoms. The first-order valence-corrected chi connectivity index (χ1v) is 8.68. The van der Waals surface area contributed by atoms with Crippen molar-refractivity contribution in [2.24, 2.45) is 0 Å². The Morgan fingerprint density at radius 3 is 2.18 bits per heavy atom. The normalized spacial score (nSPS) is 10.9. The quantitative estimate of drug-likeness (QED) is 0.649. The Balaban J connectivity index is 2.27. The van der Waals surface area contributed by atoms with Gasteiger partial charge in [0.15, 0.2) is 0 Å². The van der Waals surface area contributed by atoms with E-state index in [1.165, 1.54) is 20.3 Å². The van der Waals surface area contributed by atoms with Gasteiger partial charge in [-0.25, -0.2) is 9.59 Å². The third kappa shape index (κ3) is 3.38. The van der Waals surface area contributed by atoms with Crippen molar-refractivity contribution in [3.05, 3.63) is 47.7 Å². The summed E-state index contributed by atoms with van der Waals surface area (Å²) in [5, 5.41) is 10.9. The van der Waals surface area contributed by atoms with Crippen LogP contribution in [0.25, 0.3) is 22.0 Å². The number of nitrogens with one attached hydrogen (secondary N) is 1. The van der Waals surface area contributed by atoms with Crippen LogP contribution in [0.15, 0.2) is 36.4 Å². The molecular weight excluding hydrogens is 362 g/mol. The van der Waals surface area contributed by atoms with Crippen LogP contribution < -0.4 is 4.74 Å². The zero-order valence-electron chi connectivity index (χ0n) is 16.0. The van der Waals surface area contributed by atoms with Crippen LogP contribution in [0.2, 0.25) is 0 Å². The number of carbonyl (C=O) groups excluding carboxylic acids is 2. The van der Waals surface area contributed by atoms with E-state index in [0.717, 1.165) is 0 Å². The number of benzene rings is 2. The van der Waals surface area contributed by atoms with Crippen LogP contribution in [0.1, 0.15) is 34.7 Å². The summed E-state index contributed by atoms with van der Waals surface area (Å²) < 4.78 is 15.3. The van der Waals surface area contributed by atoms with Crippen molar-refractivity contribution < 1.29 is 28.9 Å². The van der Waals surface area contributed by atoms with E-state index >= 15 is 0 Å². The lowest BCUT2D eigenvalue weighted by Crippen LogP contribution is -2.10. The molecule has 146 valence electrons. The summed E-state index contributed by atoms with van der Waals surface area (Å²) in [6, 6.07) is 10.2. The average Bonchev–Trinajstić information content (AvgIpc) is 3.06. The molecule has 1 heterocycles. The molecule has 0 aliphatic carbocycles. The number of aromatic nitrogens is 1. The van der Waals surface area contributed by atoms with E-state index in [9.17, 15) is 14.7 Å². The van der Waals surface area contributed by atoms with Gasteiger partial charge < -0.3 is 24.3 Å². The molecule has 3 rings (SSSR count). The van der Waals surface area contributed by atoms with Crippen molar-refractivity contribution in [2.45, 2.75) is 20.0 Å². The third-order valence-corrected chi connectivity index (χ3v) is 4.24. The molecule has 0 atom stereocenters. The van der Waals surface area contributed by atoms with Gasteiger partial charge in [-0.3, -0.25) is 0 Å². The molecule has 0 aliphatic rings. The second kappa shape index (κ2) is 7.64. The minimum Gasteiger partial charge on any atom is -0.507 e. The number of esters is 2. The molecule has 0 radical (unpaired) electrons. The second-order valence-electron chi connectivity index (χ2n) is 6.43. The zero-order chi connectivity index (χ0) is 20.4. The number of phenols is 1. The lowest BCUT2D eigenvalue weighted by molar-refractivity contribution is 0.0553. The highest BCUT2D eigenvalue weighted by Gasteiger charge is 2.28. The summed E-state index contributed by atoms with van der Waals surface area (Å²) in [6.45, 7) is 3.86. The SMILES string of the molecule is COC(=O)c1[nH]c2ccc(O)c(-c3ccc(OC(C)C)cc3)c2c1C(=O)OC. The zero-order valence-corrected chi connectivity index (χ0v) is 16.0. The minimum atomic E-state index is -0.710. The van der Waals surface area contributed by atoms with Crippen molar-refractivity contribution in [3.63, 3.8) is 0 Å². The van der Waals surface area contributed by atoms with Gasteiger partial charge in [-0.1, -0.05) is 12.1 Å². The lowest BCUT2D eigenvalue weighted by atomic mass is 9.97. The number of hydrogen-bond acceptors (Lipinski definition) is 6. The Bertz CT molecular complexity index is 1030. The summed E-state index contributed by atoms with van der Waals surface area (Å²) in [7, 11) is 2.45. The van der Waals surface area contributed by atoms with E-state index < -0.39 is 11.9 Å². The summed E-state index contributed by atoms with van der Waals surface area (Å²) in [5.41, 5.74) is 1.53. The third-order valence-electron chi connectivity index (χ3n) is 4.24. The first kappa shape index (κ1) is 19.3. The number of aromatic hydroxyl groups is 1. The molecule has 7 heteroatoms. The summed E-state index contributed by atoms with van der Waals surface area (Å²) in [5.74, 6) is -0.769. The Kier molecular flexibility index (Phi) is 5.26. The fourth-order valence-corrected chi connectivity index (χ4v) is 3.10. The van der Waals surface area contributed by atoms with Crippen LogP contribution in [-0.4, -0.2) is 42.4 Å². The molecular formula is C21H21NO6. The van der Waals surface area contributed by atoms with E-state index in [4.69, 9.17) is 14.2 Å². The van der Waals surface area contributed by atoms with Gasteiger partial charge in [0.05, 0.1) is 20.3 Å². The van der Waals surface area contributed by atoms with Crippen LogP contribution in [-0.2, 0) is 9.47 Å². The largest absolute Gasteiger partial charge is 0.507 e. The Labute approximate surface area is 161 Å². The van der Waals surface area contributed by atoms with Gasteiger partial charge >= 0.3 is 11.9 Å². The molecule has 0 amide bonds. The molecule has 28 heavy (non-hydrogen) atoms. The van der Waals surface area contributed by atoms with Gasteiger partial charge in [0.25, 0.3) is 0 Å². The fraction of sp³-hybridized carbons (Fsp3) is 0.238. The Morgan fingerprint density at radius 1 is 0.964 bits per heavy atom. The monoisotopic (exact) mass is 383 g/mol. The molecule has 7 nitrogen and oxygen atoms in total. The lowest BCUT2D eigenvalue weighted by Gasteiger charge is -2.12. The molecule has 3 aromatic rings. The standard InChI is InChI=1S/C21H21NO6/c1-11(2)28-13-7-5-12(6-8-13)16-15(23)10-9-14-17(16)18(20(24)26-3)19(22-14)21(25)27-4/h5-11,22-23H,1-4H3. The second-order valence-corrected chi connectivity index (χ2v) is 6.43. The van der Waals surface area contributed by atoms with Crippen molar-refractivity contribution >= 4 is 22.8 Å². The predicted molar refractivity (Wildman–Crippen MR) is 104 cm³/mol. The van der Waals surface area contributed by atoms with Gasteiger partial charge in [0.2, 0.25) is 0 Å². The highest BCUT2D eigenvalue weighted by atomic mass is 16.5. The number of H-pyrrole nitrogens is 1. The topological polar surface area (TPSA) is 97.9 Å². The number of methoxy groups -OCH3 is 2. The van der Waals surface area contributed by atoms with Crippen LogP contribution in [0.4, 0.5) is 0 Å². The number of fused-ring (bicyclic) bond motifs is 1. The number of rotatable bonds is 5. The minimum absolute atomic E-state index is 0.0118. The molecule has 0 fully saturated rings. The maximum absolute atomic E-state index is 12.4. The smallest absolute Gasteiger partial charge is 0.355 e. The number of phenolic OH excluding ortho intramolecular Hbond substituents is 1. The van der Waals surface area contributed by atoms with Crippen molar-refractivity contribution in [2.75, 3.05) is 14.2 Å². The summed E-state index contributed by atoms with van der Waals surface area (Å²) >= 11 is 0. The van der Waals surface area contributed by atoms with Crippen molar-refractivity contribution in [1.29, 1.82) is 0 Å². The van der Waals surface area contributed by atoms with E-state index in [-0.39, 0.29) is 23.1 Å². The number of hydrogen-bond donors (Lipinski definition) is 2. The highest BCUT2D eigenvalue weighted by Crippen LogP contribution is 2.40. The first-order chi connectivity index (χ1) is 13.4. The molecule has 0 saturated heterocycles. The van der Waals surface area contributed by atoms with Gasteiger partial charge in [-0.15, -0.1) is 0 Å². The van der Waals surface area contributed by atoms with Crippen LogP contribution >= 0.6 is 0 Å². The average molecular weight is 383 g/mol. The van der Waals surface area contributed by atoms with Crippen molar-refractivity contribution in [1.82, 2.24) is 4.98 Å². The Hall–Kier alpha value is -3.48. The molecule has 0 spiro atoms. The van der Waals surface area contributed by atoms with Gasteiger partial charge in [-0.2, -0.15) is 0 Å². The molecule has 0 aliphatic heterocycles. The fourth-order valence-electron chi connectivity index (χ4n) is 3.10. The van der Waals surface area contributed by atoms with Crippen LogP contribution in [0.5, 0.6) is 11.5 Å². The number of ether oxygens (including phenoxy) is 3. The molecule has 2 aromatic carbocycles. The van der Waals surface area contributed by atoms with Crippen LogP contribution in [0.3, 0.4) is 0 Å². The summed E-state index contributed by atoms with van der Waals surface area (Å²) in [4.78, 5) is 27.5. The van der Waals surface area contributed by atoms with E-state index in [1.54, 1.807) is 30.3 Å². The van der Waals surface area contributed by atoms with Gasteiger partial charge in [0, 0.05) is 16.5 Å². The molecule has 0 saturated carbocycles. The number of aromatic amines is 1. The van der Waals surface area contributed by atoms with Gasteiger partial charge in [-0.05, 0) is 43.7 Å². The van der Waals surface area contributed by atoms with E-state index in [2.05, 4.69) is 4.98 Å². The Morgan fingerprint density at radius 2 is 1.61 bits per heavy atom. The summed E-state index contributed by atoms with van der Waals surface area (Å²) in [6.07, 6.45) is 0.0286. The van der Waals surface area contributed by atoms with Crippen LogP contribution in [0, 0.1) is 0 Å². The first-order valence-electron chi connectivity index (χ1n) is 8.68. The molecule has 1 aromatic heterocycles. The van der Waals surface area contributed by atoms with Gasteiger partial charge in [0.1, 0.15) is 22.8 Å². The van der Waals surface area contributed by atoms with E-state index in [0.29, 0.717) is 27.8 Å². The van der Waals surface area contributed by atoms with Crippen molar-refractivity contribution in [3.8, 4) is 22.6 Å². The maximum Gasteiger partial charge on any atom is 0.355 e. The molecule has 2 N–H and O–H groups in total. The maximum atomic E-state index is 12.4. The predicted octanol–water partition coefficient (Wildman–Crippen LogP) is 3.90. The molecule has 0 unspecified atom stereocenters. The highest BCUT2D eigenvalue weighted by molar-refractivity contribution is 6.17. The number of carbonyl (C=O) groups is 2. The van der Waals surface area contributed by atoms with E-state index in [1.807, 2.05) is 13.8 Å².